The molecule has 0 aliphatic carbocycles. The Morgan fingerprint density at radius 1 is 1.12 bits per heavy atom. The highest BCUT2D eigenvalue weighted by Gasteiger charge is 2.13. The largest absolute Gasteiger partial charge is 0.384 e. The lowest BCUT2D eigenvalue weighted by Crippen LogP contribution is -1.97. The molecule has 0 spiro atoms. The first-order valence-electron chi connectivity index (χ1n) is 4.45. The van der Waals surface area contributed by atoms with E-state index in [0.29, 0.717) is 10.0 Å². The third-order valence-corrected chi connectivity index (χ3v) is 4.71. The number of rotatable bonds is 2. The van der Waals surface area contributed by atoms with Crippen molar-refractivity contribution in [1.82, 2.24) is 0 Å². The Hall–Kier alpha value is 0.190. The quantitative estimate of drug-likeness (QED) is 0.741. The SMILES string of the molecule is OC(c1csc(I)c1)c1ccc(Cl)c(Cl)c1. The number of thiophene rings is 1. The van der Waals surface area contributed by atoms with Gasteiger partial charge < -0.3 is 5.11 Å². The minimum Gasteiger partial charge on any atom is -0.384 e. The van der Waals surface area contributed by atoms with E-state index in [0.717, 1.165) is 14.0 Å². The van der Waals surface area contributed by atoms with Gasteiger partial charge in [0.05, 0.1) is 12.9 Å². The topological polar surface area (TPSA) is 20.2 Å². The molecule has 0 radical (unpaired) electrons. The van der Waals surface area contributed by atoms with Gasteiger partial charge in [0.2, 0.25) is 0 Å². The fourth-order valence-corrected chi connectivity index (χ4v) is 3.04. The highest BCUT2D eigenvalue weighted by Crippen LogP contribution is 2.31. The van der Waals surface area contributed by atoms with Gasteiger partial charge in [-0.15, -0.1) is 11.3 Å². The second-order valence-corrected chi connectivity index (χ2v) is 6.88. The number of aliphatic hydroxyl groups excluding tert-OH is 1. The Kier molecular flexibility index (Phi) is 4.13. The molecule has 2 aromatic rings. The number of aliphatic hydroxyl groups is 1. The van der Waals surface area contributed by atoms with E-state index >= 15 is 0 Å². The molecule has 16 heavy (non-hydrogen) atoms. The molecule has 1 heterocycles. The van der Waals surface area contributed by atoms with Crippen LogP contribution in [0, 0.1) is 2.88 Å². The van der Waals surface area contributed by atoms with E-state index in [1.807, 2.05) is 11.4 Å². The van der Waals surface area contributed by atoms with Crippen LogP contribution in [0.3, 0.4) is 0 Å². The molecule has 1 nitrogen and oxygen atoms in total. The normalized spacial score (nSPS) is 12.8. The molecule has 0 fully saturated rings. The minimum absolute atomic E-state index is 0.461. The molecule has 0 saturated carbocycles. The van der Waals surface area contributed by atoms with Crippen LogP contribution in [-0.2, 0) is 0 Å². The van der Waals surface area contributed by atoms with Crippen molar-refractivity contribution in [1.29, 1.82) is 0 Å². The smallest absolute Gasteiger partial charge is 0.105 e. The van der Waals surface area contributed by atoms with Gasteiger partial charge in [-0.2, -0.15) is 0 Å². The summed E-state index contributed by atoms with van der Waals surface area (Å²) >= 11 is 15.6. The summed E-state index contributed by atoms with van der Waals surface area (Å²) in [5.74, 6) is 0. The van der Waals surface area contributed by atoms with Crippen molar-refractivity contribution >= 4 is 57.1 Å². The first-order chi connectivity index (χ1) is 7.58. The van der Waals surface area contributed by atoms with Gasteiger partial charge in [-0.25, -0.2) is 0 Å². The first-order valence-corrected chi connectivity index (χ1v) is 7.16. The average molecular weight is 385 g/mol. The summed E-state index contributed by atoms with van der Waals surface area (Å²) in [6.07, 6.45) is -0.644. The third kappa shape index (κ3) is 2.71. The predicted octanol–water partition coefficient (Wildman–Crippen LogP) is 4.74. The van der Waals surface area contributed by atoms with Crippen LogP contribution in [0.5, 0.6) is 0 Å². The Bertz CT molecular complexity index is 512. The van der Waals surface area contributed by atoms with E-state index in [2.05, 4.69) is 22.6 Å². The second kappa shape index (κ2) is 5.23. The summed E-state index contributed by atoms with van der Waals surface area (Å²) in [4.78, 5) is 0. The van der Waals surface area contributed by atoms with Crippen LogP contribution in [0.4, 0.5) is 0 Å². The molecule has 1 aromatic carbocycles. The Morgan fingerprint density at radius 3 is 2.44 bits per heavy atom. The summed E-state index contributed by atoms with van der Waals surface area (Å²) < 4.78 is 1.15. The van der Waals surface area contributed by atoms with Crippen LogP contribution in [-0.4, -0.2) is 5.11 Å². The molecule has 1 N–H and O–H groups in total. The van der Waals surface area contributed by atoms with Crippen LogP contribution in [0.15, 0.2) is 29.6 Å². The Morgan fingerprint density at radius 2 is 1.88 bits per heavy atom. The molecule has 0 bridgehead atoms. The molecule has 84 valence electrons. The van der Waals surface area contributed by atoms with Gasteiger partial charge in [-0.3, -0.25) is 0 Å². The maximum absolute atomic E-state index is 10.1. The van der Waals surface area contributed by atoms with Crippen LogP contribution < -0.4 is 0 Å². The zero-order valence-electron chi connectivity index (χ0n) is 7.95. The maximum atomic E-state index is 10.1. The molecule has 1 atom stereocenters. The zero-order valence-corrected chi connectivity index (χ0v) is 12.4. The molecular weight excluding hydrogens is 378 g/mol. The van der Waals surface area contributed by atoms with Crippen LogP contribution in [0.2, 0.25) is 10.0 Å². The molecule has 0 amide bonds. The number of hydrogen-bond donors (Lipinski definition) is 1. The molecule has 0 aliphatic heterocycles. The second-order valence-electron chi connectivity index (χ2n) is 3.26. The Labute approximate surface area is 121 Å². The van der Waals surface area contributed by atoms with Crippen LogP contribution in [0.25, 0.3) is 0 Å². The fourth-order valence-electron chi connectivity index (χ4n) is 1.34. The maximum Gasteiger partial charge on any atom is 0.105 e. The molecule has 0 saturated heterocycles. The van der Waals surface area contributed by atoms with E-state index in [1.165, 1.54) is 0 Å². The lowest BCUT2D eigenvalue weighted by atomic mass is 10.0. The van der Waals surface area contributed by atoms with Crippen LogP contribution >= 0.6 is 57.1 Å². The highest BCUT2D eigenvalue weighted by molar-refractivity contribution is 14.1. The van der Waals surface area contributed by atoms with Gasteiger partial charge in [0, 0.05) is 0 Å². The summed E-state index contributed by atoms with van der Waals surface area (Å²) in [6.45, 7) is 0. The van der Waals surface area contributed by atoms with Gasteiger partial charge in [0.15, 0.2) is 0 Å². The van der Waals surface area contributed by atoms with Crippen molar-refractivity contribution in [2.75, 3.05) is 0 Å². The van der Waals surface area contributed by atoms with E-state index in [1.54, 1.807) is 29.5 Å². The van der Waals surface area contributed by atoms with Gasteiger partial charge in [-0.05, 0) is 57.3 Å². The first kappa shape index (κ1) is 12.6. The molecule has 1 unspecified atom stereocenters. The minimum atomic E-state index is -0.644. The molecular formula is C11H7Cl2IOS. The molecule has 5 heteroatoms. The standard InChI is InChI=1S/C11H7Cl2IOS/c12-8-2-1-6(3-9(8)13)11(15)7-4-10(14)16-5-7/h1-5,11,15H. The monoisotopic (exact) mass is 384 g/mol. The fraction of sp³-hybridized carbons (Fsp3) is 0.0909. The van der Waals surface area contributed by atoms with Gasteiger partial charge in [-0.1, -0.05) is 29.3 Å². The number of hydrogen-bond acceptors (Lipinski definition) is 2. The lowest BCUT2D eigenvalue weighted by molar-refractivity contribution is 0.221. The van der Waals surface area contributed by atoms with Crippen molar-refractivity contribution in [2.24, 2.45) is 0 Å². The zero-order chi connectivity index (χ0) is 11.7. The van der Waals surface area contributed by atoms with E-state index in [4.69, 9.17) is 23.2 Å². The van der Waals surface area contributed by atoms with Gasteiger partial charge in [0.1, 0.15) is 6.10 Å². The van der Waals surface area contributed by atoms with Crippen molar-refractivity contribution in [3.63, 3.8) is 0 Å². The molecule has 1 aromatic heterocycles. The molecule has 2 rings (SSSR count). The van der Waals surface area contributed by atoms with Crippen molar-refractivity contribution in [3.8, 4) is 0 Å². The summed E-state index contributed by atoms with van der Waals surface area (Å²) in [6, 6.07) is 7.13. The lowest BCUT2D eigenvalue weighted by Gasteiger charge is -2.10. The average Bonchev–Trinajstić information content (AvgIpc) is 2.68. The summed E-state index contributed by atoms with van der Waals surface area (Å²) in [5.41, 5.74) is 1.64. The number of benzene rings is 1. The van der Waals surface area contributed by atoms with Gasteiger partial charge >= 0.3 is 0 Å². The third-order valence-electron chi connectivity index (χ3n) is 2.16. The number of halogens is 3. The summed E-state index contributed by atoms with van der Waals surface area (Å²) in [7, 11) is 0. The Balaban J connectivity index is 2.33. The van der Waals surface area contributed by atoms with E-state index in [9.17, 15) is 5.11 Å². The van der Waals surface area contributed by atoms with E-state index in [-0.39, 0.29) is 0 Å². The highest BCUT2D eigenvalue weighted by atomic mass is 127. The van der Waals surface area contributed by atoms with E-state index < -0.39 is 6.10 Å². The predicted molar refractivity (Wildman–Crippen MR) is 77.6 cm³/mol. The summed E-state index contributed by atoms with van der Waals surface area (Å²) in [5, 5.41) is 13.0. The van der Waals surface area contributed by atoms with Crippen molar-refractivity contribution in [3.05, 3.63) is 53.7 Å². The van der Waals surface area contributed by atoms with Gasteiger partial charge in [0.25, 0.3) is 0 Å². The van der Waals surface area contributed by atoms with Crippen molar-refractivity contribution in [2.45, 2.75) is 6.10 Å². The molecule has 0 aliphatic rings. The van der Waals surface area contributed by atoms with Crippen molar-refractivity contribution < 1.29 is 5.11 Å². The van der Waals surface area contributed by atoms with Crippen LogP contribution in [0.1, 0.15) is 17.2 Å².